The molecule has 1 atom stereocenters. The van der Waals surface area contributed by atoms with Crippen molar-refractivity contribution in [2.45, 2.75) is 12.8 Å². The number of rotatable bonds is 2. The van der Waals surface area contributed by atoms with Gasteiger partial charge in [0.15, 0.2) is 0 Å². The van der Waals surface area contributed by atoms with Crippen LogP contribution in [0.3, 0.4) is 0 Å². The lowest BCUT2D eigenvalue weighted by Crippen LogP contribution is -2.42. The first-order chi connectivity index (χ1) is 10.1. The minimum atomic E-state index is -0.838. The number of carboxylic acid groups (broad SMARTS) is 1. The number of hydrogen-bond acceptors (Lipinski definition) is 3. The minimum Gasteiger partial charge on any atom is -0.481 e. The smallest absolute Gasteiger partial charge is 0.308 e. The van der Waals surface area contributed by atoms with Gasteiger partial charge in [0.1, 0.15) is 4.88 Å². The van der Waals surface area contributed by atoms with E-state index in [2.05, 4.69) is 0 Å². The quantitative estimate of drug-likeness (QED) is 0.920. The van der Waals surface area contributed by atoms with Crippen LogP contribution in [0.4, 0.5) is 0 Å². The summed E-state index contributed by atoms with van der Waals surface area (Å²) in [6.45, 7) is 0.853. The van der Waals surface area contributed by atoms with Crippen LogP contribution in [0, 0.1) is 5.92 Å². The van der Waals surface area contributed by atoms with Crippen molar-refractivity contribution in [3.05, 3.63) is 34.2 Å². The van der Waals surface area contributed by atoms with Gasteiger partial charge in [-0.3, -0.25) is 9.59 Å². The van der Waals surface area contributed by atoms with Crippen molar-refractivity contribution in [1.29, 1.82) is 0 Å². The Morgan fingerprint density at radius 3 is 2.81 bits per heavy atom. The van der Waals surface area contributed by atoms with Gasteiger partial charge in [-0.2, -0.15) is 0 Å². The molecular formula is C15H14ClNO3S. The fourth-order valence-corrected chi connectivity index (χ4v) is 4.14. The van der Waals surface area contributed by atoms with Crippen LogP contribution in [0.2, 0.25) is 5.02 Å². The van der Waals surface area contributed by atoms with E-state index < -0.39 is 11.9 Å². The van der Waals surface area contributed by atoms with Crippen LogP contribution >= 0.6 is 22.9 Å². The normalized spacial score (nSPS) is 18.9. The van der Waals surface area contributed by atoms with E-state index in [1.807, 2.05) is 24.3 Å². The molecule has 6 heteroatoms. The van der Waals surface area contributed by atoms with Crippen LogP contribution < -0.4 is 0 Å². The van der Waals surface area contributed by atoms with E-state index in [0.29, 0.717) is 29.3 Å². The van der Waals surface area contributed by atoms with E-state index in [-0.39, 0.29) is 12.5 Å². The third kappa shape index (κ3) is 2.63. The maximum absolute atomic E-state index is 12.6. The van der Waals surface area contributed by atoms with Crippen LogP contribution in [-0.4, -0.2) is 35.0 Å². The molecule has 0 aliphatic carbocycles. The first-order valence-electron chi connectivity index (χ1n) is 6.77. The lowest BCUT2D eigenvalue weighted by Gasteiger charge is -2.30. The second kappa shape index (κ2) is 5.66. The van der Waals surface area contributed by atoms with Crippen molar-refractivity contribution >= 4 is 44.9 Å². The van der Waals surface area contributed by atoms with Gasteiger partial charge in [-0.05, 0) is 18.9 Å². The van der Waals surface area contributed by atoms with E-state index in [9.17, 15) is 9.59 Å². The van der Waals surface area contributed by atoms with Gasteiger partial charge in [0.2, 0.25) is 0 Å². The highest BCUT2D eigenvalue weighted by Crippen LogP contribution is 2.36. The zero-order valence-electron chi connectivity index (χ0n) is 11.2. The molecule has 4 nitrogen and oxygen atoms in total. The number of hydrogen-bond donors (Lipinski definition) is 1. The van der Waals surface area contributed by atoms with Gasteiger partial charge in [0.05, 0.1) is 10.9 Å². The van der Waals surface area contributed by atoms with E-state index in [1.54, 1.807) is 4.90 Å². The highest BCUT2D eigenvalue weighted by atomic mass is 35.5. The molecule has 21 heavy (non-hydrogen) atoms. The second-order valence-corrected chi connectivity index (χ2v) is 6.60. The highest BCUT2D eigenvalue weighted by molar-refractivity contribution is 7.21. The standard InChI is InChI=1S/C15H14ClNO3S/c16-12-10-5-1-2-6-11(10)21-13(12)14(18)17-7-3-4-9(8-17)15(19)20/h1-2,5-6,9H,3-4,7-8H2,(H,19,20)/t9-/m1/s1. The molecule has 1 N–H and O–H groups in total. The van der Waals surface area contributed by atoms with E-state index in [0.717, 1.165) is 10.1 Å². The van der Waals surface area contributed by atoms with Crippen molar-refractivity contribution in [2.24, 2.45) is 5.92 Å². The molecule has 1 saturated heterocycles. The van der Waals surface area contributed by atoms with Gasteiger partial charge >= 0.3 is 5.97 Å². The van der Waals surface area contributed by atoms with Crippen molar-refractivity contribution in [3.8, 4) is 0 Å². The summed E-state index contributed by atoms with van der Waals surface area (Å²) in [6, 6.07) is 7.61. The topological polar surface area (TPSA) is 57.6 Å². The average Bonchev–Trinajstić information content (AvgIpc) is 2.84. The Kier molecular flexibility index (Phi) is 3.87. The molecule has 1 aliphatic heterocycles. The first kappa shape index (κ1) is 14.4. The Balaban J connectivity index is 1.90. The Bertz CT molecular complexity index is 712. The number of likely N-dealkylation sites (tertiary alicyclic amines) is 1. The first-order valence-corrected chi connectivity index (χ1v) is 7.96. The van der Waals surface area contributed by atoms with Gasteiger partial charge in [-0.15, -0.1) is 11.3 Å². The molecule has 1 aromatic heterocycles. The Morgan fingerprint density at radius 1 is 1.33 bits per heavy atom. The summed E-state index contributed by atoms with van der Waals surface area (Å²) < 4.78 is 0.970. The number of thiophene rings is 1. The molecule has 1 aromatic carbocycles. The fraction of sp³-hybridized carbons (Fsp3) is 0.333. The van der Waals surface area contributed by atoms with Crippen molar-refractivity contribution in [2.75, 3.05) is 13.1 Å². The number of amides is 1. The summed E-state index contributed by atoms with van der Waals surface area (Å²) in [5.41, 5.74) is 0. The monoisotopic (exact) mass is 323 g/mol. The zero-order chi connectivity index (χ0) is 15.0. The molecule has 0 saturated carbocycles. The lowest BCUT2D eigenvalue weighted by atomic mass is 9.98. The van der Waals surface area contributed by atoms with E-state index in [4.69, 9.17) is 16.7 Å². The summed E-state index contributed by atoms with van der Waals surface area (Å²) in [5.74, 6) is -1.47. The SMILES string of the molecule is O=C(O)[C@@H]1CCCN(C(=O)c2sc3ccccc3c2Cl)C1. The van der Waals surface area contributed by atoms with Crippen LogP contribution in [0.1, 0.15) is 22.5 Å². The summed E-state index contributed by atoms with van der Waals surface area (Å²) >= 11 is 7.68. The maximum Gasteiger partial charge on any atom is 0.308 e. The Morgan fingerprint density at radius 2 is 2.10 bits per heavy atom. The number of nitrogens with zero attached hydrogens (tertiary/aromatic N) is 1. The number of carbonyl (C=O) groups is 2. The van der Waals surface area contributed by atoms with E-state index in [1.165, 1.54) is 11.3 Å². The number of aliphatic carboxylic acids is 1. The molecule has 0 radical (unpaired) electrons. The van der Waals surface area contributed by atoms with Gasteiger partial charge in [0.25, 0.3) is 5.91 Å². The predicted molar refractivity (Wildman–Crippen MR) is 83.1 cm³/mol. The lowest BCUT2D eigenvalue weighted by molar-refractivity contribution is -0.143. The number of fused-ring (bicyclic) bond motifs is 1. The molecule has 0 bridgehead atoms. The molecule has 110 valence electrons. The number of carboxylic acids is 1. The Labute approximate surface area is 130 Å². The third-order valence-corrected chi connectivity index (χ3v) is 5.45. The third-order valence-electron chi connectivity index (χ3n) is 3.79. The number of halogens is 1. The molecule has 2 aromatic rings. The van der Waals surface area contributed by atoms with Crippen molar-refractivity contribution in [1.82, 2.24) is 4.90 Å². The molecule has 2 heterocycles. The molecule has 1 fully saturated rings. The van der Waals surface area contributed by atoms with Gasteiger partial charge in [-0.25, -0.2) is 0 Å². The van der Waals surface area contributed by atoms with E-state index >= 15 is 0 Å². The number of piperidine rings is 1. The molecular weight excluding hydrogens is 310 g/mol. The molecule has 0 spiro atoms. The largest absolute Gasteiger partial charge is 0.481 e. The van der Waals surface area contributed by atoms with Crippen LogP contribution in [0.25, 0.3) is 10.1 Å². The van der Waals surface area contributed by atoms with Gasteiger partial charge in [-0.1, -0.05) is 29.8 Å². The second-order valence-electron chi connectivity index (χ2n) is 5.17. The highest BCUT2D eigenvalue weighted by Gasteiger charge is 2.30. The average molecular weight is 324 g/mol. The van der Waals surface area contributed by atoms with Crippen molar-refractivity contribution in [3.63, 3.8) is 0 Å². The van der Waals surface area contributed by atoms with Gasteiger partial charge in [0, 0.05) is 23.2 Å². The Hall–Kier alpha value is -1.59. The molecule has 3 rings (SSSR count). The molecule has 0 unspecified atom stereocenters. The maximum atomic E-state index is 12.6. The summed E-state index contributed by atoms with van der Waals surface area (Å²) in [7, 11) is 0. The van der Waals surface area contributed by atoms with Crippen LogP contribution in [0.15, 0.2) is 24.3 Å². The molecule has 1 amide bonds. The fourth-order valence-electron chi connectivity index (χ4n) is 2.66. The van der Waals surface area contributed by atoms with Crippen LogP contribution in [0.5, 0.6) is 0 Å². The van der Waals surface area contributed by atoms with Gasteiger partial charge < -0.3 is 10.0 Å². The summed E-state index contributed by atoms with van der Waals surface area (Å²) in [5, 5.41) is 10.5. The minimum absolute atomic E-state index is 0.160. The van der Waals surface area contributed by atoms with Crippen molar-refractivity contribution < 1.29 is 14.7 Å². The number of carbonyl (C=O) groups excluding carboxylic acids is 1. The zero-order valence-corrected chi connectivity index (χ0v) is 12.8. The number of benzene rings is 1. The predicted octanol–water partition coefficient (Wildman–Crippen LogP) is 3.49. The van der Waals surface area contributed by atoms with Crippen LogP contribution in [-0.2, 0) is 4.79 Å². The summed E-state index contributed by atoms with van der Waals surface area (Å²) in [6.07, 6.45) is 1.34. The summed E-state index contributed by atoms with van der Waals surface area (Å²) in [4.78, 5) is 25.8. The molecule has 1 aliphatic rings.